The van der Waals surface area contributed by atoms with Crippen LogP contribution in [0.15, 0.2) is 43.0 Å². The van der Waals surface area contributed by atoms with Gasteiger partial charge < -0.3 is 9.64 Å². The third-order valence-electron chi connectivity index (χ3n) is 4.08. The number of anilines is 1. The monoisotopic (exact) mass is 335 g/mol. The van der Waals surface area contributed by atoms with Crippen molar-refractivity contribution in [3.05, 3.63) is 70.8 Å². The minimum atomic E-state index is -0.980. The third-order valence-corrected chi connectivity index (χ3v) is 4.41. The predicted molar refractivity (Wildman–Crippen MR) is 88.8 cm³/mol. The first kappa shape index (κ1) is 16.0. The number of epoxide rings is 1. The van der Waals surface area contributed by atoms with Gasteiger partial charge in [0.2, 0.25) is 0 Å². The lowest BCUT2D eigenvalue weighted by atomic mass is 9.87. The van der Waals surface area contributed by atoms with E-state index in [0.29, 0.717) is 16.2 Å². The second-order valence-electron chi connectivity index (χ2n) is 5.78. The summed E-state index contributed by atoms with van der Waals surface area (Å²) in [6, 6.07) is 9.01. The van der Waals surface area contributed by atoms with Crippen LogP contribution in [0.4, 0.5) is 14.5 Å². The van der Waals surface area contributed by atoms with E-state index in [1.165, 1.54) is 12.1 Å². The Labute approximate surface area is 138 Å². The van der Waals surface area contributed by atoms with E-state index in [9.17, 15) is 8.78 Å². The molecule has 1 aliphatic heterocycles. The van der Waals surface area contributed by atoms with Gasteiger partial charge in [-0.3, -0.25) is 0 Å². The smallest absolute Gasteiger partial charge is 0.144 e. The lowest BCUT2D eigenvalue weighted by molar-refractivity contribution is 0.357. The normalized spacial score (nSPS) is 19.5. The molecule has 0 aromatic heterocycles. The fraction of sp³-hybridized carbons (Fsp3) is 0.222. The van der Waals surface area contributed by atoms with Crippen molar-refractivity contribution >= 4 is 22.9 Å². The van der Waals surface area contributed by atoms with Crippen LogP contribution >= 0.6 is 11.6 Å². The Morgan fingerprint density at radius 2 is 1.91 bits per heavy atom. The summed E-state index contributed by atoms with van der Waals surface area (Å²) in [5, 5.41) is 0.512. The molecule has 0 aliphatic carbocycles. The summed E-state index contributed by atoms with van der Waals surface area (Å²) in [5.74, 6) is -1.27. The van der Waals surface area contributed by atoms with Crippen LogP contribution in [-0.2, 0) is 10.3 Å². The van der Waals surface area contributed by atoms with E-state index in [2.05, 4.69) is 6.58 Å². The summed E-state index contributed by atoms with van der Waals surface area (Å²) in [6.07, 6.45) is 0. The van der Waals surface area contributed by atoms with Gasteiger partial charge in [0, 0.05) is 42.0 Å². The van der Waals surface area contributed by atoms with E-state index in [1.807, 2.05) is 31.1 Å². The molecule has 2 nitrogen and oxygen atoms in total. The molecule has 1 fully saturated rings. The highest BCUT2D eigenvalue weighted by Crippen LogP contribution is 2.51. The standard InChI is InChI=1S/C18H16ClF2NO/c1-11(14-9-13(22(2)3)5-7-16(14)19)18(10-23-18)15-6-4-12(20)8-17(15)21/h4-9H,1,10H2,2-3H3. The number of benzene rings is 2. The number of nitrogens with zero attached hydrogens (tertiary/aromatic N) is 1. The maximum Gasteiger partial charge on any atom is 0.144 e. The molecule has 1 atom stereocenters. The molecule has 0 N–H and O–H groups in total. The molecule has 1 unspecified atom stereocenters. The van der Waals surface area contributed by atoms with Gasteiger partial charge in [-0.1, -0.05) is 18.2 Å². The molecule has 1 heterocycles. The number of ether oxygens (including phenoxy) is 1. The van der Waals surface area contributed by atoms with Crippen LogP contribution in [0.1, 0.15) is 11.1 Å². The Kier molecular flexibility index (Phi) is 3.90. The summed E-state index contributed by atoms with van der Waals surface area (Å²) in [6.45, 7) is 4.36. The number of halogens is 3. The predicted octanol–water partition coefficient (Wildman–Crippen LogP) is 4.62. The molecule has 1 saturated heterocycles. The summed E-state index contributed by atoms with van der Waals surface area (Å²) < 4.78 is 32.9. The van der Waals surface area contributed by atoms with E-state index in [0.717, 1.165) is 11.8 Å². The van der Waals surface area contributed by atoms with Crippen LogP contribution in [0.3, 0.4) is 0 Å². The van der Waals surface area contributed by atoms with Gasteiger partial charge >= 0.3 is 0 Å². The first-order valence-corrected chi connectivity index (χ1v) is 7.49. The van der Waals surface area contributed by atoms with Gasteiger partial charge in [0.1, 0.15) is 17.2 Å². The van der Waals surface area contributed by atoms with Crippen molar-refractivity contribution in [1.82, 2.24) is 0 Å². The summed E-state index contributed by atoms with van der Waals surface area (Å²) in [4.78, 5) is 1.94. The maximum absolute atomic E-state index is 14.2. The molecule has 3 rings (SSSR count). The van der Waals surface area contributed by atoms with Crippen LogP contribution in [0.25, 0.3) is 5.57 Å². The van der Waals surface area contributed by atoms with Crippen LogP contribution < -0.4 is 4.90 Å². The first-order chi connectivity index (χ1) is 10.8. The van der Waals surface area contributed by atoms with Gasteiger partial charge in [-0.25, -0.2) is 8.78 Å². The van der Waals surface area contributed by atoms with Gasteiger partial charge in [0.15, 0.2) is 0 Å². The van der Waals surface area contributed by atoms with E-state index in [1.54, 1.807) is 6.07 Å². The molecular weight excluding hydrogens is 320 g/mol. The highest BCUT2D eigenvalue weighted by molar-refractivity contribution is 6.32. The van der Waals surface area contributed by atoms with Gasteiger partial charge in [-0.05, 0) is 35.9 Å². The fourth-order valence-corrected chi connectivity index (χ4v) is 2.85. The molecule has 2 aromatic carbocycles. The highest BCUT2D eigenvalue weighted by atomic mass is 35.5. The fourth-order valence-electron chi connectivity index (χ4n) is 2.62. The minimum absolute atomic E-state index is 0.273. The summed E-state index contributed by atoms with van der Waals surface area (Å²) in [7, 11) is 3.83. The quantitative estimate of drug-likeness (QED) is 0.757. The number of hydrogen-bond donors (Lipinski definition) is 0. The van der Waals surface area contributed by atoms with E-state index in [4.69, 9.17) is 16.3 Å². The van der Waals surface area contributed by atoms with Crippen molar-refractivity contribution in [3.8, 4) is 0 Å². The lowest BCUT2D eigenvalue weighted by Crippen LogP contribution is -2.15. The molecule has 0 radical (unpaired) electrons. The van der Waals surface area contributed by atoms with E-state index >= 15 is 0 Å². The zero-order valence-corrected chi connectivity index (χ0v) is 13.6. The Balaban J connectivity index is 2.05. The van der Waals surface area contributed by atoms with Crippen LogP contribution in [0, 0.1) is 11.6 Å². The average Bonchev–Trinajstić information content (AvgIpc) is 3.28. The Hall–Kier alpha value is -1.91. The van der Waals surface area contributed by atoms with Crippen LogP contribution in [0.2, 0.25) is 5.02 Å². The minimum Gasteiger partial charge on any atom is -0.378 e. The molecule has 0 saturated carbocycles. The third kappa shape index (κ3) is 2.73. The first-order valence-electron chi connectivity index (χ1n) is 7.11. The van der Waals surface area contributed by atoms with Crippen molar-refractivity contribution in [2.75, 3.05) is 25.6 Å². The molecule has 120 valence electrons. The van der Waals surface area contributed by atoms with Crippen molar-refractivity contribution < 1.29 is 13.5 Å². The molecular formula is C18H16ClF2NO. The van der Waals surface area contributed by atoms with Crippen LogP contribution in [-0.4, -0.2) is 20.7 Å². The molecule has 0 spiro atoms. The topological polar surface area (TPSA) is 15.8 Å². The average molecular weight is 336 g/mol. The van der Waals surface area contributed by atoms with E-state index < -0.39 is 17.2 Å². The van der Waals surface area contributed by atoms with Gasteiger partial charge in [-0.15, -0.1) is 0 Å². The Morgan fingerprint density at radius 3 is 2.48 bits per heavy atom. The molecule has 2 aromatic rings. The van der Waals surface area contributed by atoms with Crippen molar-refractivity contribution in [1.29, 1.82) is 0 Å². The molecule has 1 aliphatic rings. The SMILES string of the molecule is C=C(c1cc(N(C)C)ccc1Cl)C1(c2ccc(F)cc2F)CO1. The van der Waals surface area contributed by atoms with Gasteiger partial charge in [-0.2, -0.15) is 0 Å². The number of rotatable bonds is 4. The van der Waals surface area contributed by atoms with Gasteiger partial charge in [0.25, 0.3) is 0 Å². The molecule has 5 heteroatoms. The Morgan fingerprint density at radius 1 is 1.22 bits per heavy atom. The maximum atomic E-state index is 14.2. The largest absolute Gasteiger partial charge is 0.378 e. The molecule has 0 amide bonds. The molecule has 0 bridgehead atoms. The van der Waals surface area contributed by atoms with Crippen LogP contribution in [0.5, 0.6) is 0 Å². The molecule has 23 heavy (non-hydrogen) atoms. The van der Waals surface area contributed by atoms with Crippen molar-refractivity contribution in [2.24, 2.45) is 0 Å². The lowest BCUT2D eigenvalue weighted by Gasteiger charge is -2.20. The zero-order valence-electron chi connectivity index (χ0n) is 12.9. The second-order valence-corrected chi connectivity index (χ2v) is 6.18. The van der Waals surface area contributed by atoms with E-state index in [-0.39, 0.29) is 12.2 Å². The Bertz CT molecular complexity index is 785. The van der Waals surface area contributed by atoms with Crippen molar-refractivity contribution in [3.63, 3.8) is 0 Å². The summed E-state index contributed by atoms with van der Waals surface area (Å²) in [5.41, 5.74) is 1.50. The summed E-state index contributed by atoms with van der Waals surface area (Å²) >= 11 is 6.29. The van der Waals surface area contributed by atoms with Crippen molar-refractivity contribution in [2.45, 2.75) is 5.60 Å². The second kappa shape index (κ2) is 5.62. The van der Waals surface area contributed by atoms with Gasteiger partial charge in [0.05, 0.1) is 6.61 Å². The number of hydrogen-bond acceptors (Lipinski definition) is 2. The highest BCUT2D eigenvalue weighted by Gasteiger charge is 2.51. The zero-order chi connectivity index (χ0) is 16.8.